The zero-order valence-electron chi connectivity index (χ0n) is 42.7. The number of nitrogens with zero attached hydrogens (tertiary/aromatic N) is 2. The molecule has 3 saturated heterocycles. The molecule has 0 spiro atoms. The van der Waals surface area contributed by atoms with Gasteiger partial charge in [0.25, 0.3) is 5.91 Å². The fraction of sp³-hybridized carbons (Fsp3) is 0.446. The van der Waals surface area contributed by atoms with Gasteiger partial charge in [0.05, 0.1) is 12.7 Å². The van der Waals surface area contributed by atoms with Crippen LogP contribution in [0.4, 0.5) is 0 Å². The van der Waals surface area contributed by atoms with Crippen molar-refractivity contribution < 1.29 is 48.5 Å². The first-order valence-electron chi connectivity index (χ1n) is 26.1. The van der Waals surface area contributed by atoms with Crippen molar-refractivity contribution in [2.75, 3.05) is 32.8 Å². The van der Waals surface area contributed by atoms with Crippen molar-refractivity contribution in [3.05, 3.63) is 108 Å². The molecule has 0 bridgehead atoms. The lowest BCUT2D eigenvalue weighted by Crippen LogP contribution is -2.61. The quantitative estimate of drug-likeness (QED) is 0.0882. The van der Waals surface area contributed by atoms with E-state index < -0.39 is 89.7 Å². The van der Waals surface area contributed by atoms with E-state index in [1.807, 2.05) is 48.5 Å². The highest BCUT2D eigenvalue weighted by Crippen LogP contribution is 2.28. The van der Waals surface area contributed by atoms with Crippen LogP contribution in [0.15, 0.2) is 97.1 Å². The number of aliphatic hydroxyl groups is 1. The molecule has 8 atom stereocenters. The number of hydrogen-bond acceptors (Lipinski definition) is 12. The highest BCUT2D eigenvalue weighted by atomic mass is 16.5. The van der Waals surface area contributed by atoms with E-state index in [1.54, 1.807) is 36.4 Å². The van der Waals surface area contributed by atoms with E-state index in [4.69, 9.17) is 16.2 Å². The minimum absolute atomic E-state index is 0.0161. The van der Waals surface area contributed by atoms with Crippen molar-refractivity contribution in [3.63, 3.8) is 0 Å². The smallest absolute Gasteiger partial charge is 0.251 e. The molecule has 3 aliphatic heterocycles. The number of fused-ring (bicyclic) bond motifs is 2. The zero-order valence-corrected chi connectivity index (χ0v) is 42.7. The van der Waals surface area contributed by atoms with Gasteiger partial charge in [-0.2, -0.15) is 0 Å². The van der Waals surface area contributed by atoms with Crippen molar-refractivity contribution in [1.29, 1.82) is 0 Å². The second kappa shape index (κ2) is 26.2. The molecule has 11 N–H and O–H groups in total. The predicted molar refractivity (Wildman–Crippen MR) is 282 cm³/mol. The molecule has 3 fully saturated rings. The number of amides is 7. The number of phenols is 1. The molecule has 4 aromatic carbocycles. The van der Waals surface area contributed by atoms with Crippen LogP contribution in [0.3, 0.4) is 0 Å². The predicted octanol–water partition coefficient (Wildman–Crippen LogP) is 2.65. The van der Waals surface area contributed by atoms with Crippen LogP contribution in [0.5, 0.6) is 11.5 Å². The van der Waals surface area contributed by atoms with Gasteiger partial charge in [-0.05, 0) is 142 Å². The molecule has 7 rings (SSSR count). The topological polar surface area (TPSA) is 288 Å². The summed E-state index contributed by atoms with van der Waals surface area (Å²) in [6.45, 7) is 4.42. The molecule has 0 aromatic heterocycles. The average Bonchev–Trinajstić information content (AvgIpc) is 4.08. The van der Waals surface area contributed by atoms with Gasteiger partial charge in [-0.3, -0.25) is 33.6 Å². The van der Waals surface area contributed by atoms with Crippen molar-refractivity contribution in [2.24, 2.45) is 11.5 Å². The number of nitrogens with one attached hydrogen (secondary N) is 5. The van der Waals surface area contributed by atoms with Crippen molar-refractivity contribution >= 4 is 41.4 Å². The lowest BCUT2D eigenvalue weighted by Gasteiger charge is -2.32. The summed E-state index contributed by atoms with van der Waals surface area (Å²) in [6, 6.07) is 21.4. The van der Waals surface area contributed by atoms with Crippen molar-refractivity contribution in [2.45, 2.75) is 126 Å². The first-order valence-corrected chi connectivity index (χ1v) is 26.1. The van der Waals surface area contributed by atoms with Gasteiger partial charge < -0.3 is 62.8 Å². The monoisotopic (exact) mass is 1030 g/mol. The zero-order chi connectivity index (χ0) is 53.6. The van der Waals surface area contributed by atoms with Gasteiger partial charge in [-0.25, -0.2) is 0 Å². The van der Waals surface area contributed by atoms with Gasteiger partial charge in [0, 0.05) is 31.2 Å². The Morgan fingerprint density at radius 3 is 1.99 bits per heavy atom. The van der Waals surface area contributed by atoms with Crippen LogP contribution in [0.2, 0.25) is 0 Å². The van der Waals surface area contributed by atoms with E-state index >= 15 is 0 Å². The molecule has 0 aliphatic carbocycles. The normalized spacial score (nSPS) is 23.7. The number of carbonyl (C=O) groups is 7. The van der Waals surface area contributed by atoms with Gasteiger partial charge in [0.1, 0.15) is 47.8 Å². The summed E-state index contributed by atoms with van der Waals surface area (Å²) >= 11 is 0. The summed E-state index contributed by atoms with van der Waals surface area (Å²) in [7, 11) is 0. The van der Waals surface area contributed by atoms with Crippen LogP contribution >= 0.6 is 0 Å². The number of nitrogens with two attached hydrogens (primary N) is 2. The molecule has 0 saturated carbocycles. The highest BCUT2D eigenvalue weighted by Gasteiger charge is 2.43. The Balaban J connectivity index is 1.12. The lowest BCUT2D eigenvalue weighted by atomic mass is 9.99. The number of aryl methyl sites for hydroxylation is 1. The maximum atomic E-state index is 14.4. The number of aliphatic hydroxyl groups excluding tert-OH is 1. The van der Waals surface area contributed by atoms with E-state index in [9.17, 15) is 43.8 Å². The first kappa shape index (κ1) is 55.4. The van der Waals surface area contributed by atoms with Crippen molar-refractivity contribution in [3.8, 4) is 33.8 Å². The van der Waals surface area contributed by atoms with Gasteiger partial charge in [-0.15, -0.1) is 0 Å². The molecule has 3 heterocycles. The number of phenolic OH excluding ortho intramolecular Hbond substituents is 1. The molecule has 19 heteroatoms. The van der Waals surface area contributed by atoms with Crippen molar-refractivity contribution in [1.82, 2.24) is 36.4 Å². The molecule has 3 aliphatic rings. The summed E-state index contributed by atoms with van der Waals surface area (Å²) < 4.78 is 5.72. The van der Waals surface area contributed by atoms with Crippen LogP contribution in [-0.4, -0.2) is 143 Å². The Morgan fingerprint density at radius 2 is 1.36 bits per heavy atom. The van der Waals surface area contributed by atoms with Crippen LogP contribution in [-0.2, 0) is 35.2 Å². The van der Waals surface area contributed by atoms with E-state index in [2.05, 4.69) is 33.5 Å². The average molecular weight is 1030 g/mol. The third kappa shape index (κ3) is 14.5. The molecule has 400 valence electrons. The molecule has 19 nitrogen and oxygen atoms in total. The highest BCUT2D eigenvalue weighted by molar-refractivity contribution is 6.00. The minimum Gasteiger partial charge on any atom is -0.508 e. The van der Waals surface area contributed by atoms with Gasteiger partial charge in [0.15, 0.2) is 0 Å². The maximum absolute atomic E-state index is 14.4. The minimum atomic E-state index is -1.54. The number of hydrogen-bond donors (Lipinski definition) is 9. The second-order valence-corrected chi connectivity index (χ2v) is 19.7. The Morgan fingerprint density at radius 1 is 0.733 bits per heavy atom. The second-order valence-electron chi connectivity index (χ2n) is 19.7. The van der Waals surface area contributed by atoms with E-state index in [0.717, 1.165) is 40.0 Å². The Kier molecular flexibility index (Phi) is 19.4. The van der Waals surface area contributed by atoms with Gasteiger partial charge >= 0.3 is 0 Å². The standard InChI is InChI=1S/C56H71N9O10/c1-3-31-75-43-25-21-39(22-26-43)37-15-13-36(14-16-37)38-17-19-40(20-18-38)50(68)60-44-8-5-29-59-53(71)48-32-41(58)33-65(48)55(73)46(7-4-28-57)62-51(69)45(27-12-35-10-23-42(67)24-11-35)61-54(72)47-9-6-30-64(47)56(74)49(34(2)66)63-52(44)70/h10-11,13-26,34,41,44-49,66-67H,3-9,12,27-33,57-58H2,1-2H3,(H,59,71)(H,60,68)(H,61,72)(H,62,69)(H,63,70)/t34-,41+,44+,45+,46+,47+,48+,49+/m1/s1. The molecule has 7 amide bonds. The fourth-order valence-electron chi connectivity index (χ4n) is 9.83. The molecule has 0 radical (unpaired) electrons. The molecule has 4 aromatic rings. The molecular formula is C56H71N9O10. The fourth-order valence-corrected chi connectivity index (χ4v) is 9.83. The number of carbonyl (C=O) groups excluding carboxylic acids is 7. The van der Waals surface area contributed by atoms with Gasteiger partial charge in [0.2, 0.25) is 35.4 Å². The number of benzene rings is 4. The summed E-state index contributed by atoms with van der Waals surface area (Å²) in [5.74, 6) is -3.64. The largest absolute Gasteiger partial charge is 0.508 e. The summed E-state index contributed by atoms with van der Waals surface area (Å²) in [6.07, 6.45) is 1.19. The Labute approximate surface area is 437 Å². The lowest BCUT2D eigenvalue weighted by molar-refractivity contribution is -0.144. The van der Waals surface area contributed by atoms with E-state index in [-0.39, 0.29) is 82.4 Å². The first-order chi connectivity index (χ1) is 36.1. The Bertz CT molecular complexity index is 2610. The number of ether oxygens (including phenoxy) is 1. The molecule has 75 heavy (non-hydrogen) atoms. The van der Waals surface area contributed by atoms with Crippen LogP contribution in [0, 0.1) is 0 Å². The summed E-state index contributed by atoms with van der Waals surface area (Å²) in [5, 5.41) is 34.9. The third-order valence-corrected chi connectivity index (χ3v) is 14.0. The summed E-state index contributed by atoms with van der Waals surface area (Å²) in [5.41, 5.74) is 17.1. The number of aromatic hydroxyl groups is 1. The van der Waals surface area contributed by atoms with E-state index in [0.29, 0.717) is 19.4 Å². The summed E-state index contributed by atoms with van der Waals surface area (Å²) in [4.78, 5) is 102. The van der Waals surface area contributed by atoms with Crippen LogP contribution in [0.1, 0.15) is 87.6 Å². The number of rotatable bonds is 14. The van der Waals surface area contributed by atoms with E-state index in [1.165, 1.54) is 28.9 Å². The van der Waals surface area contributed by atoms with Crippen LogP contribution < -0.4 is 42.8 Å². The van der Waals surface area contributed by atoms with Gasteiger partial charge in [-0.1, -0.05) is 67.6 Å². The molecule has 0 unspecified atom stereocenters. The van der Waals surface area contributed by atoms with Crippen LogP contribution in [0.25, 0.3) is 22.3 Å². The third-order valence-electron chi connectivity index (χ3n) is 14.0. The SMILES string of the molecule is CCCOc1ccc(-c2ccc(-c3ccc(C(=O)N[C@H]4CCCNC(=O)[C@@H]5C[C@H](N)CN5C(=O)[C@H](CCCN)NC(=O)[C@H](CCc5ccc(O)cc5)NC(=O)[C@@H]5CCCN5C(=O)[C@H]([C@@H](C)O)NC4=O)cc3)cc2)cc1. The molecular weight excluding hydrogens is 959 g/mol. The Hall–Kier alpha value is -7.35. The maximum Gasteiger partial charge on any atom is 0.251 e.